The molecule has 0 aliphatic rings. The van der Waals surface area contributed by atoms with E-state index >= 15 is 0 Å². The summed E-state index contributed by atoms with van der Waals surface area (Å²) in [6.45, 7) is 0.614. The number of aromatic nitrogens is 2. The summed E-state index contributed by atoms with van der Waals surface area (Å²) >= 11 is 0. The van der Waals surface area contributed by atoms with Crippen LogP contribution < -0.4 is 16.6 Å². The van der Waals surface area contributed by atoms with Crippen LogP contribution in [-0.2, 0) is 11.3 Å². The predicted molar refractivity (Wildman–Crippen MR) is 80.4 cm³/mol. The third kappa shape index (κ3) is 4.38. The normalized spacial score (nSPS) is 12.0. The summed E-state index contributed by atoms with van der Waals surface area (Å²) in [6.07, 6.45) is -0.624. The van der Waals surface area contributed by atoms with Crippen molar-refractivity contribution in [2.75, 3.05) is 24.4 Å². The minimum atomic E-state index is -0.624. The fraction of sp³-hybridized carbons (Fsp3) is 0.286. The van der Waals surface area contributed by atoms with Gasteiger partial charge in [0.05, 0.1) is 6.10 Å². The van der Waals surface area contributed by atoms with Gasteiger partial charge < -0.3 is 20.6 Å². The minimum Gasteiger partial charge on any atom is -0.387 e. The third-order valence-corrected chi connectivity index (χ3v) is 2.85. The number of hydrogen-bond donors (Lipinski definition) is 4. The third-order valence-electron chi connectivity index (χ3n) is 2.85. The van der Waals surface area contributed by atoms with E-state index in [1.807, 2.05) is 30.3 Å². The molecule has 7 heteroatoms. The van der Waals surface area contributed by atoms with Crippen LogP contribution in [0.3, 0.4) is 0 Å². The van der Waals surface area contributed by atoms with Gasteiger partial charge in [-0.05, 0) is 5.56 Å². The average Bonchev–Trinajstić information content (AvgIpc) is 2.53. The molecule has 5 N–H and O–H groups in total. The van der Waals surface area contributed by atoms with Crippen LogP contribution in [0.4, 0.5) is 11.6 Å². The molecule has 0 amide bonds. The summed E-state index contributed by atoms with van der Waals surface area (Å²) in [5.41, 5.74) is 3.32. The number of hydrazine groups is 1. The molecule has 1 aromatic carbocycles. The molecular weight excluding hydrogens is 270 g/mol. The van der Waals surface area contributed by atoms with Gasteiger partial charge in [-0.3, -0.25) is 0 Å². The van der Waals surface area contributed by atoms with E-state index in [1.54, 1.807) is 13.2 Å². The molecule has 1 atom stereocenters. The molecule has 0 spiro atoms. The van der Waals surface area contributed by atoms with E-state index in [0.29, 0.717) is 24.0 Å². The second-order valence-corrected chi connectivity index (χ2v) is 4.44. The number of rotatable bonds is 7. The Balaban J connectivity index is 2.03. The number of hydrogen-bond acceptors (Lipinski definition) is 7. The summed E-state index contributed by atoms with van der Waals surface area (Å²) in [5, 5.41) is 13.2. The highest BCUT2D eigenvalue weighted by Crippen LogP contribution is 2.15. The zero-order chi connectivity index (χ0) is 15.1. The molecule has 112 valence electrons. The molecule has 0 fully saturated rings. The molecule has 7 nitrogen and oxygen atoms in total. The predicted octanol–water partition coefficient (Wildman–Crippen LogP) is 1.05. The van der Waals surface area contributed by atoms with Gasteiger partial charge in [0.2, 0.25) is 0 Å². The first-order chi connectivity index (χ1) is 10.2. The number of anilines is 2. The van der Waals surface area contributed by atoms with E-state index in [0.717, 1.165) is 5.56 Å². The zero-order valence-corrected chi connectivity index (χ0v) is 11.8. The van der Waals surface area contributed by atoms with E-state index in [4.69, 9.17) is 10.6 Å². The summed E-state index contributed by atoms with van der Waals surface area (Å²) in [5.74, 6) is 6.93. The van der Waals surface area contributed by atoms with Crippen molar-refractivity contribution in [1.82, 2.24) is 9.97 Å². The summed E-state index contributed by atoms with van der Waals surface area (Å²) in [7, 11) is 1.57. The maximum atomic E-state index is 10.1. The van der Waals surface area contributed by atoms with Crippen molar-refractivity contribution >= 4 is 11.6 Å². The highest BCUT2D eigenvalue weighted by Gasteiger charge is 2.08. The Kier molecular flexibility index (Phi) is 5.44. The quantitative estimate of drug-likeness (QED) is 0.446. The van der Waals surface area contributed by atoms with Crippen molar-refractivity contribution < 1.29 is 9.84 Å². The number of ether oxygens (including phenoxy) is 1. The molecule has 0 saturated heterocycles. The second kappa shape index (κ2) is 7.53. The molecule has 1 unspecified atom stereocenters. The van der Waals surface area contributed by atoms with Gasteiger partial charge >= 0.3 is 0 Å². The van der Waals surface area contributed by atoms with Crippen molar-refractivity contribution in [2.45, 2.75) is 12.7 Å². The van der Waals surface area contributed by atoms with Crippen molar-refractivity contribution in [3.63, 3.8) is 0 Å². The van der Waals surface area contributed by atoms with Crippen LogP contribution in [0.2, 0.25) is 0 Å². The van der Waals surface area contributed by atoms with E-state index < -0.39 is 6.10 Å². The molecule has 1 heterocycles. The number of nitrogen functional groups attached to an aromatic ring is 1. The number of nitrogens with one attached hydrogen (secondary N) is 2. The Hall–Kier alpha value is -2.22. The first-order valence-corrected chi connectivity index (χ1v) is 6.53. The number of aliphatic hydroxyl groups excluding tert-OH is 1. The van der Waals surface area contributed by atoms with Crippen molar-refractivity contribution in [3.8, 4) is 0 Å². The topological polar surface area (TPSA) is 105 Å². The molecule has 2 aromatic rings. The van der Waals surface area contributed by atoms with E-state index in [9.17, 15) is 5.11 Å². The van der Waals surface area contributed by atoms with Crippen LogP contribution in [0.1, 0.15) is 17.5 Å². The zero-order valence-electron chi connectivity index (χ0n) is 11.8. The van der Waals surface area contributed by atoms with Gasteiger partial charge in [0.25, 0.3) is 0 Å². The van der Waals surface area contributed by atoms with Gasteiger partial charge in [0.1, 0.15) is 18.2 Å². The van der Waals surface area contributed by atoms with E-state index in [-0.39, 0.29) is 6.61 Å². The Bertz CT molecular complexity index is 565. The lowest BCUT2D eigenvalue weighted by atomic mass is 10.1. The highest BCUT2D eigenvalue weighted by atomic mass is 16.5. The Morgan fingerprint density at radius 1 is 1.24 bits per heavy atom. The number of nitrogens with zero attached hydrogens (tertiary/aromatic N) is 2. The van der Waals surface area contributed by atoms with Crippen LogP contribution in [0.15, 0.2) is 36.4 Å². The van der Waals surface area contributed by atoms with Gasteiger partial charge in [-0.25, -0.2) is 15.8 Å². The first kappa shape index (κ1) is 15.2. The van der Waals surface area contributed by atoms with Crippen LogP contribution in [0.25, 0.3) is 0 Å². The molecule has 1 aromatic heterocycles. The van der Waals surface area contributed by atoms with Gasteiger partial charge in [-0.2, -0.15) is 0 Å². The first-order valence-electron chi connectivity index (χ1n) is 6.53. The van der Waals surface area contributed by atoms with Crippen LogP contribution in [-0.4, -0.2) is 28.7 Å². The standard InChI is InChI=1S/C14H19N5O2/c1-21-9-14-17-12(7-13(18-14)19-15)16-8-11(20)10-5-3-2-4-6-10/h2-7,11,20H,8-9,15H2,1H3,(H2,16,17,18,19). The van der Waals surface area contributed by atoms with E-state index in [2.05, 4.69) is 20.7 Å². The smallest absolute Gasteiger partial charge is 0.158 e. The molecule has 0 aliphatic heterocycles. The molecule has 0 saturated carbocycles. The van der Waals surface area contributed by atoms with Gasteiger partial charge in [0.15, 0.2) is 5.82 Å². The van der Waals surface area contributed by atoms with Crippen molar-refractivity contribution in [3.05, 3.63) is 47.8 Å². The fourth-order valence-corrected chi connectivity index (χ4v) is 1.85. The lowest BCUT2D eigenvalue weighted by Gasteiger charge is -2.13. The maximum absolute atomic E-state index is 10.1. The van der Waals surface area contributed by atoms with Gasteiger partial charge in [-0.1, -0.05) is 30.3 Å². The lowest BCUT2D eigenvalue weighted by Crippen LogP contribution is -2.16. The Morgan fingerprint density at radius 3 is 2.62 bits per heavy atom. The number of nitrogens with two attached hydrogens (primary N) is 1. The van der Waals surface area contributed by atoms with Crippen LogP contribution in [0.5, 0.6) is 0 Å². The number of aliphatic hydroxyl groups is 1. The van der Waals surface area contributed by atoms with Gasteiger partial charge in [-0.15, -0.1) is 0 Å². The monoisotopic (exact) mass is 289 g/mol. The van der Waals surface area contributed by atoms with E-state index in [1.165, 1.54) is 0 Å². The molecule has 0 aliphatic carbocycles. The molecular formula is C14H19N5O2. The summed E-state index contributed by atoms with van der Waals surface area (Å²) in [6, 6.07) is 11.1. The lowest BCUT2D eigenvalue weighted by molar-refractivity contribution is 0.178. The maximum Gasteiger partial charge on any atom is 0.158 e. The van der Waals surface area contributed by atoms with Gasteiger partial charge in [0, 0.05) is 19.7 Å². The minimum absolute atomic E-state index is 0.283. The van der Waals surface area contributed by atoms with Crippen LogP contribution in [0, 0.1) is 0 Å². The van der Waals surface area contributed by atoms with Crippen molar-refractivity contribution in [2.24, 2.45) is 5.84 Å². The van der Waals surface area contributed by atoms with Crippen LogP contribution >= 0.6 is 0 Å². The molecule has 0 bridgehead atoms. The molecule has 21 heavy (non-hydrogen) atoms. The molecule has 2 rings (SSSR count). The summed E-state index contributed by atoms with van der Waals surface area (Å²) in [4.78, 5) is 8.44. The number of methoxy groups -OCH3 is 1. The van der Waals surface area contributed by atoms with Crippen molar-refractivity contribution in [1.29, 1.82) is 0 Å². The Labute approximate surface area is 123 Å². The second-order valence-electron chi connectivity index (χ2n) is 4.44. The molecule has 0 radical (unpaired) electrons. The highest BCUT2D eigenvalue weighted by molar-refractivity contribution is 5.47. The number of benzene rings is 1. The average molecular weight is 289 g/mol. The summed E-state index contributed by atoms with van der Waals surface area (Å²) < 4.78 is 5.01. The largest absolute Gasteiger partial charge is 0.387 e. The fourth-order valence-electron chi connectivity index (χ4n) is 1.85. The SMILES string of the molecule is COCc1nc(NN)cc(NCC(O)c2ccccc2)n1. The Morgan fingerprint density at radius 2 is 1.95 bits per heavy atom.